The summed E-state index contributed by atoms with van der Waals surface area (Å²) in [7, 11) is 0. The molecule has 2 atom stereocenters. The van der Waals surface area contributed by atoms with Crippen LogP contribution in [0, 0.1) is 15.9 Å². The molecule has 2 fully saturated rings. The van der Waals surface area contributed by atoms with Crippen LogP contribution in [0.25, 0.3) is 0 Å². The molecular weight excluding hydrogens is 411 g/mol. The van der Waals surface area contributed by atoms with Gasteiger partial charge in [0.05, 0.1) is 35.6 Å². The Labute approximate surface area is 176 Å². The maximum Gasteiger partial charge on any atom is 0.414 e. The van der Waals surface area contributed by atoms with Gasteiger partial charge >= 0.3 is 11.8 Å². The van der Waals surface area contributed by atoms with Crippen LogP contribution in [0.2, 0.25) is 0 Å². The van der Waals surface area contributed by atoms with Crippen LogP contribution in [-0.4, -0.2) is 59.4 Å². The lowest BCUT2D eigenvalue weighted by molar-refractivity contribution is -0.385. The van der Waals surface area contributed by atoms with Crippen LogP contribution in [-0.2, 0) is 9.53 Å². The predicted molar refractivity (Wildman–Crippen MR) is 108 cm³/mol. The van der Waals surface area contributed by atoms with Gasteiger partial charge in [0.25, 0.3) is 0 Å². The third-order valence-corrected chi connectivity index (χ3v) is 5.46. The first-order chi connectivity index (χ1) is 14.8. The summed E-state index contributed by atoms with van der Waals surface area (Å²) in [5, 5.41) is 20.3. The molecule has 12 heteroatoms. The third kappa shape index (κ3) is 4.13. The smallest absolute Gasteiger partial charge is 0.414 e. The number of aromatic nitrogens is 2. The summed E-state index contributed by atoms with van der Waals surface area (Å²) in [4.78, 5) is 37.0. The molecular formula is C19H21FN6O5. The molecule has 31 heavy (non-hydrogen) atoms. The fraction of sp³-hybridized carbons (Fsp3) is 0.421. The highest BCUT2D eigenvalue weighted by Gasteiger charge is 2.35. The highest BCUT2D eigenvalue weighted by molar-refractivity contribution is 5.90. The normalized spacial score (nSPS) is 20.8. The Kier molecular flexibility index (Phi) is 5.44. The fourth-order valence-electron chi connectivity index (χ4n) is 3.96. The van der Waals surface area contributed by atoms with Crippen molar-refractivity contribution in [3.63, 3.8) is 0 Å². The van der Waals surface area contributed by atoms with Crippen LogP contribution < -0.4 is 15.1 Å². The van der Waals surface area contributed by atoms with Crippen molar-refractivity contribution in [2.24, 2.45) is 0 Å². The zero-order valence-electron chi connectivity index (χ0n) is 16.7. The number of carbonyl (C=O) groups is 2. The quantitative estimate of drug-likeness (QED) is 0.526. The number of benzene rings is 1. The molecule has 0 saturated carbocycles. The minimum Gasteiger partial charge on any atom is -0.442 e. The van der Waals surface area contributed by atoms with Gasteiger partial charge in [-0.15, -0.1) is 0 Å². The van der Waals surface area contributed by atoms with Crippen molar-refractivity contribution in [1.82, 2.24) is 15.5 Å². The molecule has 0 bridgehead atoms. The number of hydrogen-bond donors (Lipinski definition) is 2. The molecule has 4 rings (SSSR count). The molecule has 11 nitrogen and oxygen atoms in total. The molecule has 2 N–H and O–H groups in total. The van der Waals surface area contributed by atoms with E-state index in [2.05, 4.69) is 15.5 Å². The Balaban J connectivity index is 1.45. The van der Waals surface area contributed by atoms with E-state index in [1.165, 1.54) is 24.1 Å². The topological polar surface area (TPSA) is 134 Å². The maximum atomic E-state index is 14.9. The average molecular weight is 432 g/mol. The molecule has 1 aromatic heterocycles. The lowest BCUT2D eigenvalue weighted by Gasteiger charge is -2.21. The van der Waals surface area contributed by atoms with E-state index in [-0.39, 0.29) is 30.6 Å². The minimum absolute atomic E-state index is 0.0657. The Morgan fingerprint density at radius 1 is 1.45 bits per heavy atom. The number of aromatic amines is 1. The minimum atomic E-state index is -0.602. The number of amides is 2. The number of cyclic esters (lactones) is 1. The molecule has 2 amide bonds. The van der Waals surface area contributed by atoms with Gasteiger partial charge < -0.3 is 15.0 Å². The molecule has 3 heterocycles. The monoisotopic (exact) mass is 432 g/mol. The molecule has 164 valence electrons. The van der Waals surface area contributed by atoms with Crippen LogP contribution in [0.1, 0.15) is 25.0 Å². The van der Waals surface area contributed by atoms with Gasteiger partial charge in [0, 0.05) is 25.9 Å². The van der Waals surface area contributed by atoms with Crippen molar-refractivity contribution >= 4 is 29.1 Å². The summed E-state index contributed by atoms with van der Waals surface area (Å²) in [5.74, 6) is -0.921. The molecule has 0 aliphatic carbocycles. The molecule has 2 aromatic rings. The molecule has 2 aliphatic rings. The van der Waals surface area contributed by atoms with Gasteiger partial charge in [0.2, 0.25) is 5.91 Å². The summed E-state index contributed by atoms with van der Waals surface area (Å²) in [6, 6.07) is 4.48. The van der Waals surface area contributed by atoms with Gasteiger partial charge in [-0.25, -0.2) is 9.18 Å². The number of ether oxygens (including phenoxy) is 1. The van der Waals surface area contributed by atoms with Gasteiger partial charge in [0.1, 0.15) is 17.6 Å². The van der Waals surface area contributed by atoms with E-state index >= 15 is 0 Å². The van der Waals surface area contributed by atoms with Crippen LogP contribution in [0.5, 0.6) is 0 Å². The van der Waals surface area contributed by atoms with Crippen molar-refractivity contribution in [3.8, 4) is 0 Å². The van der Waals surface area contributed by atoms with Gasteiger partial charge in [-0.3, -0.25) is 24.9 Å². The standard InChI is InChI=1S/C19H21FN6O5/c1-11(27)21-7-14-10-25(19(28)31-14)13-2-3-16(15(20)6-13)24-5-4-12(9-24)18-17(26(29)30)8-22-23-18/h2-3,6,8,12,14H,4-5,7,9-10H2,1H3,(H,21,27)(H,22,23)/t12-,14-/m0/s1. The highest BCUT2D eigenvalue weighted by Crippen LogP contribution is 2.36. The molecule has 0 spiro atoms. The fourth-order valence-corrected chi connectivity index (χ4v) is 3.96. The van der Waals surface area contributed by atoms with Crippen molar-refractivity contribution in [2.45, 2.75) is 25.4 Å². The van der Waals surface area contributed by atoms with Crippen LogP contribution in [0.4, 0.5) is 26.2 Å². The van der Waals surface area contributed by atoms with E-state index < -0.39 is 22.9 Å². The summed E-state index contributed by atoms with van der Waals surface area (Å²) in [6.45, 7) is 2.68. The lowest BCUT2D eigenvalue weighted by Crippen LogP contribution is -2.33. The molecule has 2 aliphatic heterocycles. The number of nitrogens with one attached hydrogen (secondary N) is 2. The largest absolute Gasteiger partial charge is 0.442 e. The summed E-state index contributed by atoms with van der Waals surface area (Å²) in [6.07, 6.45) is 0.746. The molecule has 1 aromatic carbocycles. The van der Waals surface area contributed by atoms with Crippen LogP contribution in [0.15, 0.2) is 24.4 Å². The first-order valence-electron chi connectivity index (χ1n) is 9.78. The van der Waals surface area contributed by atoms with Gasteiger partial charge in [-0.05, 0) is 24.6 Å². The second kappa shape index (κ2) is 8.20. The van der Waals surface area contributed by atoms with Crippen molar-refractivity contribution < 1.29 is 23.6 Å². The first-order valence-corrected chi connectivity index (χ1v) is 9.78. The highest BCUT2D eigenvalue weighted by atomic mass is 19.1. The third-order valence-electron chi connectivity index (χ3n) is 5.46. The number of nitro groups is 1. The van der Waals surface area contributed by atoms with E-state index in [4.69, 9.17) is 4.74 Å². The van der Waals surface area contributed by atoms with Crippen LogP contribution >= 0.6 is 0 Å². The second-order valence-corrected chi connectivity index (χ2v) is 7.53. The Morgan fingerprint density at radius 2 is 2.26 bits per heavy atom. The van der Waals surface area contributed by atoms with Gasteiger partial charge in [-0.1, -0.05) is 0 Å². The van der Waals surface area contributed by atoms with E-state index in [9.17, 15) is 24.1 Å². The number of halogens is 1. The number of anilines is 2. The SMILES string of the molecule is CC(=O)NC[C@H]1CN(c2ccc(N3CC[C@H](c4n[nH]cc4[N+](=O)[O-])C3)c(F)c2)C(=O)O1. The number of rotatable bonds is 6. The number of H-pyrrole nitrogens is 1. The van der Waals surface area contributed by atoms with E-state index in [1.807, 2.05) is 4.90 Å². The van der Waals surface area contributed by atoms with Crippen molar-refractivity contribution in [2.75, 3.05) is 36.0 Å². The van der Waals surface area contributed by atoms with Crippen molar-refractivity contribution in [1.29, 1.82) is 0 Å². The zero-order valence-corrected chi connectivity index (χ0v) is 16.7. The van der Waals surface area contributed by atoms with Gasteiger partial charge in [0.15, 0.2) is 0 Å². The first kappa shape index (κ1) is 20.6. The van der Waals surface area contributed by atoms with Crippen molar-refractivity contribution in [3.05, 3.63) is 46.0 Å². The number of nitrogens with zero attached hydrogens (tertiary/aromatic N) is 4. The van der Waals surface area contributed by atoms with Crippen LogP contribution in [0.3, 0.4) is 0 Å². The lowest BCUT2D eigenvalue weighted by atomic mass is 10.0. The zero-order chi connectivity index (χ0) is 22.1. The van der Waals surface area contributed by atoms with Gasteiger partial charge in [-0.2, -0.15) is 5.10 Å². The number of hydrogen-bond acceptors (Lipinski definition) is 7. The molecule has 2 saturated heterocycles. The summed E-state index contributed by atoms with van der Waals surface area (Å²) < 4.78 is 20.1. The van der Waals surface area contributed by atoms with E-state index in [0.29, 0.717) is 36.6 Å². The predicted octanol–water partition coefficient (Wildman–Crippen LogP) is 1.91. The Bertz CT molecular complexity index is 1030. The number of carbonyl (C=O) groups excluding carboxylic acids is 2. The molecule has 0 unspecified atom stereocenters. The van der Waals surface area contributed by atoms with E-state index in [1.54, 1.807) is 12.1 Å². The Hall–Kier alpha value is -3.70. The Morgan fingerprint density at radius 3 is 2.97 bits per heavy atom. The summed E-state index contributed by atoms with van der Waals surface area (Å²) in [5.41, 5.74) is 1.01. The summed E-state index contributed by atoms with van der Waals surface area (Å²) >= 11 is 0. The molecule has 0 radical (unpaired) electrons. The van der Waals surface area contributed by atoms with E-state index in [0.717, 1.165) is 0 Å². The second-order valence-electron chi connectivity index (χ2n) is 7.53. The maximum absolute atomic E-state index is 14.9. The average Bonchev–Trinajstić information content (AvgIpc) is 3.45.